The van der Waals surface area contributed by atoms with Crippen LogP contribution >= 0.6 is 12.4 Å². The molecule has 1 aromatic rings. The number of nitrogens with two attached hydrogens (primary N) is 1. The summed E-state index contributed by atoms with van der Waals surface area (Å²) in [5.74, 6) is -1.07. The number of carbonyl (C=O) groups is 1. The van der Waals surface area contributed by atoms with Crippen molar-refractivity contribution in [3.05, 3.63) is 39.9 Å². The van der Waals surface area contributed by atoms with Gasteiger partial charge in [0.2, 0.25) is 0 Å². The van der Waals surface area contributed by atoms with Crippen molar-refractivity contribution in [1.82, 2.24) is 0 Å². The molecule has 0 saturated carbocycles. The highest BCUT2D eigenvalue weighted by molar-refractivity contribution is 5.85. The summed E-state index contributed by atoms with van der Waals surface area (Å²) in [7, 11) is 0. The second-order valence-corrected chi connectivity index (χ2v) is 3.92. The SMILES string of the molecule is CCC(N)(Cc1ccc([N+](=O)[O-])cc1)C(=O)O.Cl. The van der Waals surface area contributed by atoms with Crippen LogP contribution in [-0.2, 0) is 11.2 Å². The van der Waals surface area contributed by atoms with Crippen LogP contribution in [0.2, 0.25) is 0 Å². The summed E-state index contributed by atoms with van der Waals surface area (Å²) < 4.78 is 0. The summed E-state index contributed by atoms with van der Waals surface area (Å²) in [5.41, 5.74) is 5.06. The maximum absolute atomic E-state index is 11.0. The standard InChI is InChI=1S/C11H14N2O4.ClH/c1-2-11(12,10(14)15)7-8-3-5-9(6-4-8)13(16)17;/h3-6H,2,7,12H2,1H3,(H,14,15);1H. The normalized spacial score (nSPS) is 13.2. The molecule has 18 heavy (non-hydrogen) atoms. The summed E-state index contributed by atoms with van der Waals surface area (Å²) in [6.07, 6.45) is 0.441. The number of hydrogen-bond acceptors (Lipinski definition) is 4. The van der Waals surface area contributed by atoms with Gasteiger partial charge in [0.15, 0.2) is 0 Å². The van der Waals surface area contributed by atoms with Crippen molar-refractivity contribution >= 4 is 24.1 Å². The van der Waals surface area contributed by atoms with Gasteiger partial charge in [-0.25, -0.2) is 0 Å². The Morgan fingerprint density at radius 2 is 1.94 bits per heavy atom. The molecule has 3 N–H and O–H groups in total. The molecule has 1 aromatic carbocycles. The average molecular weight is 275 g/mol. The smallest absolute Gasteiger partial charge is 0.324 e. The molecule has 0 amide bonds. The van der Waals surface area contributed by atoms with E-state index in [9.17, 15) is 14.9 Å². The fourth-order valence-corrected chi connectivity index (χ4v) is 1.45. The van der Waals surface area contributed by atoms with Crippen LogP contribution in [0.3, 0.4) is 0 Å². The van der Waals surface area contributed by atoms with E-state index in [0.717, 1.165) is 0 Å². The van der Waals surface area contributed by atoms with Gasteiger partial charge in [-0.05, 0) is 12.0 Å². The number of nitro benzene ring substituents is 1. The number of carboxylic acid groups (broad SMARTS) is 1. The van der Waals surface area contributed by atoms with E-state index in [1.54, 1.807) is 6.92 Å². The fraction of sp³-hybridized carbons (Fsp3) is 0.364. The first-order valence-electron chi connectivity index (χ1n) is 5.14. The molecule has 1 rings (SSSR count). The predicted octanol–water partition coefficient (Wildman–Crippen LogP) is 1.75. The van der Waals surface area contributed by atoms with Gasteiger partial charge in [-0.2, -0.15) is 0 Å². The van der Waals surface area contributed by atoms with Gasteiger partial charge in [0.25, 0.3) is 5.69 Å². The highest BCUT2D eigenvalue weighted by Gasteiger charge is 2.31. The first-order chi connectivity index (χ1) is 7.89. The second-order valence-electron chi connectivity index (χ2n) is 3.92. The van der Waals surface area contributed by atoms with Gasteiger partial charge >= 0.3 is 5.97 Å². The summed E-state index contributed by atoms with van der Waals surface area (Å²) in [6, 6.07) is 5.73. The number of aliphatic carboxylic acids is 1. The van der Waals surface area contributed by atoms with Crippen molar-refractivity contribution in [3.8, 4) is 0 Å². The van der Waals surface area contributed by atoms with Crippen molar-refractivity contribution < 1.29 is 14.8 Å². The van der Waals surface area contributed by atoms with E-state index in [0.29, 0.717) is 12.0 Å². The van der Waals surface area contributed by atoms with E-state index in [2.05, 4.69) is 0 Å². The Kier molecular flexibility index (Phi) is 5.74. The maximum Gasteiger partial charge on any atom is 0.324 e. The number of carboxylic acids is 1. The van der Waals surface area contributed by atoms with Gasteiger partial charge in [0.1, 0.15) is 5.54 Å². The molecule has 7 heteroatoms. The van der Waals surface area contributed by atoms with Crippen molar-refractivity contribution in [2.45, 2.75) is 25.3 Å². The van der Waals surface area contributed by atoms with Gasteiger partial charge in [-0.15, -0.1) is 12.4 Å². The molecule has 0 radical (unpaired) electrons. The molecular formula is C11H15ClN2O4. The zero-order valence-electron chi connectivity index (χ0n) is 9.83. The first-order valence-corrected chi connectivity index (χ1v) is 5.14. The van der Waals surface area contributed by atoms with Crippen LogP contribution in [0, 0.1) is 10.1 Å². The van der Waals surface area contributed by atoms with Crippen LogP contribution in [0.4, 0.5) is 5.69 Å². The molecule has 0 spiro atoms. The van der Waals surface area contributed by atoms with E-state index in [-0.39, 0.29) is 24.5 Å². The molecule has 0 bridgehead atoms. The lowest BCUT2D eigenvalue weighted by molar-refractivity contribution is -0.384. The quantitative estimate of drug-likeness (QED) is 0.628. The van der Waals surface area contributed by atoms with E-state index in [1.165, 1.54) is 24.3 Å². The van der Waals surface area contributed by atoms with Gasteiger partial charge < -0.3 is 10.8 Å². The lowest BCUT2D eigenvalue weighted by atomic mass is 9.89. The van der Waals surface area contributed by atoms with Gasteiger partial charge in [-0.1, -0.05) is 19.1 Å². The second kappa shape index (κ2) is 6.32. The van der Waals surface area contributed by atoms with Crippen molar-refractivity contribution in [2.75, 3.05) is 0 Å². The maximum atomic E-state index is 11.0. The summed E-state index contributed by atoms with van der Waals surface area (Å²) in [4.78, 5) is 20.9. The Hall–Kier alpha value is -1.66. The van der Waals surface area contributed by atoms with Crippen LogP contribution in [0.5, 0.6) is 0 Å². The number of benzene rings is 1. The van der Waals surface area contributed by atoms with Crippen LogP contribution in [0.1, 0.15) is 18.9 Å². The Balaban J connectivity index is 0.00000289. The fourth-order valence-electron chi connectivity index (χ4n) is 1.45. The van der Waals surface area contributed by atoms with E-state index < -0.39 is 16.4 Å². The van der Waals surface area contributed by atoms with Crippen LogP contribution in [0.15, 0.2) is 24.3 Å². The molecule has 0 heterocycles. The molecule has 0 saturated heterocycles. The summed E-state index contributed by atoms with van der Waals surface area (Å²) in [6.45, 7) is 1.69. The van der Waals surface area contributed by atoms with Crippen molar-refractivity contribution in [2.24, 2.45) is 5.73 Å². The van der Waals surface area contributed by atoms with E-state index in [4.69, 9.17) is 10.8 Å². The monoisotopic (exact) mass is 274 g/mol. The minimum absolute atomic E-state index is 0. The molecule has 0 aliphatic carbocycles. The van der Waals surface area contributed by atoms with Crippen LogP contribution in [0.25, 0.3) is 0 Å². The minimum Gasteiger partial charge on any atom is -0.480 e. The molecule has 1 atom stereocenters. The molecule has 6 nitrogen and oxygen atoms in total. The number of rotatable bonds is 5. The average Bonchev–Trinajstić information content (AvgIpc) is 2.29. The topological polar surface area (TPSA) is 106 Å². The number of halogens is 1. The molecule has 0 aromatic heterocycles. The summed E-state index contributed by atoms with van der Waals surface area (Å²) in [5, 5.41) is 19.5. The molecule has 0 fully saturated rings. The number of hydrogen-bond donors (Lipinski definition) is 2. The molecule has 0 aliphatic rings. The van der Waals surface area contributed by atoms with Gasteiger partial charge in [0.05, 0.1) is 4.92 Å². The zero-order valence-corrected chi connectivity index (χ0v) is 10.6. The Morgan fingerprint density at radius 1 is 1.44 bits per heavy atom. The predicted molar refractivity (Wildman–Crippen MR) is 68.9 cm³/mol. The third-order valence-corrected chi connectivity index (χ3v) is 2.72. The highest BCUT2D eigenvalue weighted by Crippen LogP contribution is 2.18. The van der Waals surface area contributed by atoms with E-state index >= 15 is 0 Å². The number of nitrogens with zero attached hydrogens (tertiary/aromatic N) is 1. The number of nitro groups is 1. The first kappa shape index (κ1) is 16.3. The molecule has 0 aliphatic heterocycles. The Bertz CT molecular complexity index is 435. The third kappa shape index (κ3) is 3.68. The van der Waals surface area contributed by atoms with Crippen LogP contribution < -0.4 is 5.73 Å². The molecule has 100 valence electrons. The molecular weight excluding hydrogens is 260 g/mol. The Morgan fingerprint density at radius 3 is 2.28 bits per heavy atom. The number of non-ortho nitro benzene ring substituents is 1. The lowest BCUT2D eigenvalue weighted by Crippen LogP contribution is -2.49. The third-order valence-electron chi connectivity index (χ3n) is 2.72. The van der Waals surface area contributed by atoms with Gasteiger partial charge in [-0.3, -0.25) is 14.9 Å². The molecule has 1 unspecified atom stereocenters. The highest BCUT2D eigenvalue weighted by atomic mass is 35.5. The lowest BCUT2D eigenvalue weighted by Gasteiger charge is -2.22. The van der Waals surface area contributed by atoms with Gasteiger partial charge in [0, 0.05) is 18.6 Å². The summed E-state index contributed by atoms with van der Waals surface area (Å²) >= 11 is 0. The Labute approximate surface area is 110 Å². The van der Waals surface area contributed by atoms with Crippen molar-refractivity contribution in [3.63, 3.8) is 0 Å². The van der Waals surface area contributed by atoms with Crippen LogP contribution in [-0.4, -0.2) is 21.5 Å². The minimum atomic E-state index is -1.32. The zero-order chi connectivity index (χ0) is 13.1. The van der Waals surface area contributed by atoms with E-state index in [1.807, 2.05) is 0 Å². The largest absolute Gasteiger partial charge is 0.480 e. The van der Waals surface area contributed by atoms with Crippen molar-refractivity contribution in [1.29, 1.82) is 0 Å².